The van der Waals surface area contributed by atoms with E-state index in [1.807, 2.05) is 36.4 Å². The van der Waals surface area contributed by atoms with Gasteiger partial charge in [0, 0.05) is 17.0 Å². The Morgan fingerprint density at radius 2 is 1.11 bits per heavy atom. The molecule has 0 bridgehead atoms. The van der Waals surface area contributed by atoms with Crippen LogP contribution in [-0.2, 0) is 0 Å². The topological polar surface area (TPSA) is 40.5 Å². The van der Waals surface area contributed by atoms with E-state index in [9.17, 15) is 10.2 Å². The van der Waals surface area contributed by atoms with Gasteiger partial charge >= 0.3 is 0 Å². The predicted molar refractivity (Wildman–Crippen MR) is 77.5 cm³/mol. The van der Waals surface area contributed by atoms with Crippen LogP contribution in [0.1, 0.15) is 37.8 Å². The second-order valence-corrected chi connectivity index (χ2v) is 5.92. The zero-order valence-electron chi connectivity index (χ0n) is 11.6. The minimum atomic E-state index is -0.113. The molecule has 0 aliphatic carbocycles. The summed E-state index contributed by atoms with van der Waals surface area (Å²) in [7, 11) is 0. The van der Waals surface area contributed by atoms with Crippen LogP contribution in [0.15, 0.2) is 48.5 Å². The molecule has 2 aromatic carbocycles. The maximum absolute atomic E-state index is 10.1. The summed E-state index contributed by atoms with van der Waals surface area (Å²) in [5.41, 5.74) is 1.57. The van der Waals surface area contributed by atoms with Gasteiger partial charge in [-0.1, -0.05) is 57.2 Å². The fraction of sp³-hybridized carbons (Fsp3) is 0.294. The van der Waals surface area contributed by atoms with Crippen LogP contribution in [0.3, 0.4) is 0 Å². The van der Waals surface area contributed by atoms with Crippen molar-refractivity contribution in [1.29, 1.82) is 0 Å². The molecule has 2 N–H and O–H groups in total. The molecular weight excluding hydrogens is 236 g/mol. The van der Waals surface area contributed by atoms with E-state index in [0.717, 1.165) is 11.1 Å². The van der Waals surface area contributed by atoms with Crippen molar-refractivity contribution in [2.75, 3.05) is 0 Å². The van der Waals surface area contributed by atoms with Crippen LogP contribution >= 0.6 is 0 Å². The average Bonchev–Trinajstić information content (AvgIpc) is 2.33. The number of hydrogen-bond donors (Lipinski definition) is 2. The van der Waals surface area contributed by atoms with Crippen LogP contribution in [0.25, 0.3) is 0 Å². The van der Waals surface area contributed by atoms with Crippen LogP contribution in [-0.4, -0.2) is 10.2 Å². The van der Waals surface area contributed by atoms with Crippen molar-refractivity contribution in [3.63, 3.8) is 0 Å². The summed E-state index contributed by atoms with van der Waals surface area (Å²) in [5, 5.41) is 20.2. The van der Waals surface area contributed by atoms with Crippen molar-refractivity contribution in [3.8, 4) is 11.5 Å². The predicted octanol–water partition coefficient (Wildman–Crippen LogP) is 4.28. The quantitative estimate of drug-likeness (QED) is 0.842. The summed E-state index contributed by atoms with van der Waals surface area (Å²) in [5.74, 6) is 0.478. The molecule has 0 saturated heterocycles. The SMILES string of the molecule is CC(C)(C)C(c1ccccc1O)c1ccccc1O. The molecule has 0 aliphatic heterocycles. The molecule has 0 heterocycles. The van der Waals surface area contributed by atoms with Gasteiger partial charge in [-0.3, -0.25) is 0 Å². The molecule has 2 nitrogen and oxygen atoms in total. The number of phenols is 2. The van der Waals surface area contributed by atoms with Crippen molar-refractivity contribution in [2.24, 2.45) is 5.41 Å². The van der Waals surface area contributed by atoms with Gasteiger partial charge in [-0.15, -0.1) is 0 Å². The maximum Gasteiger partial charge on any atom is 0.119 e. The lowest BCUT2D eigenvalue weighted by Crippen LogP contribution is -2.20. The second-order valence-electron chi connectivity index (χ2n) is 5.92. The van der Waals surface area contributed by atoms with Gasteiger partial charge < -0.3 is 10.2 Å². The van der Waals surface area contributed by atoms with Gasteiger partial charge in [0.1, 0.15) is 11.5 Å². The minimum absolute atomic E-state index is 0.0603. The Kier molecular flexibility index (Phi) is 3.52. The van der Waals surface area contributed by atoms with E-state index in [1.54, 1.807) is 12.1 Å². The largest absolute Gasteiger partial charge is 0.508 e. The molecule has 2 aromatic rings. The summed E-state index contributed by atoms with van der Waals surface area (Å²) >= 11 is 0. The van der Waals surface area contributed by atoms with Gasteiger partial charge in [0.2, 0.25) is 0 Å². The van der Waals surface area contributed by atoms with Crippen molar-refractivity contribution in [1.82, 2.24) is 0 Å². The molecule has 0 spiro atoms. The first-order valence-electron chi connectivity index (χ1n) is 6.47. The van der Waals surface area contributed by atoms with Crippen molar-refractivity contribution in [3.05, 3.63) is 59.7 Å². The second kappa shape index (κ2) is 4.96. The number of para-hydroxylation sites is 2. The fourth-order valence-electron chi connectivity index (χ4n) is 2.56. The smallest absolute Gasteiger partial charge is 0.119 e. The lowest BCUT2D eigenvalue weighted by molar-refractivity contribution is 0.338. The molecule has 0 radical (unpaired) electrons. The first-order valence-corrected chi connectivity index (χ1v) is 6.47. The van der Waals surface area contributed by atoms with Gasteiger partial charge in [0.05, 0.1) is 0 Å². The van der Waals surface area contributed by atoms with E-state index in [2.05, 4.69) is 20.8 Å². The molecule has 0 aromatic heterocycles. The summed E-state index contributed by atoms with van der Waals surface area (Å²) < 4.78 is 0. The van der Waals surface area contributed by atoms with Crippen LogP contribution < -0.4 is 0 Å². The van der Waals surface area contributed by atoms with Crippen LogP contribution in [0.5, 0.6) is 11.5 Å². The average molecular weight is 256 g/mol. The molecule has 0 amide bonds. The maximum atomic E-state index is 10.1. The minimum Gasteiger partial charge on any atom is -0.508 e. The van der Waals surface area contributed by atoms with E-state index < -0.39 is 0 Å². The Hall–Kier alpha value is -1.96. The lowest BCUT2D eigenvalue weighted by atomic mass is 9.72. The van der Waals surface area contributed by atoms with Gasteiger partial charge in [0.25, 0.3) is 0 Å². The zero-order chi connectivity index (χ0) is 14.0. The molecule has 0 fully saturated rings. The zero-order valence-corrected chi connectivity index (χ0v) is 11.6. The van der Waals surface area contributed by atoms with Gasteiger partial charge in [-0.05, 0) is 17.5 Å². The molecule has 0 atom stereocenters. The Labute approximate surface area is 114 Å². The molecule has 0 saturated carbocycles. The van der Waals surface area contributed by atoms with Gasteiger partial charge in [-0.2, -0.15) is 0 Å². The molecule has 100 valence electrons. The third-order valence-corrected chi connectivity index (χ3v) is 3.36. The van der Waals surface area contributed by atoms with Gasteiger partial charge in [-0.25, -0.2) is 0 Å². The summed E-state index contributed by atoms with van der Waals surface area (Å²) in [4.78, 5) is 0. The summed E-state index contributed by atoms with van der Waals surface area (Å²) in [6.45, 7) is 6.32. The summed E-state index contributed by atoms with van der Waals surface area (Å²) in [6.07, 6.45) is 0. The lowest BCUT2D eigenvalue weighted by Gasteiger charge is -2.32. The third-order valence-electron chi connectivity index (χ3n) is 3.36. The van der Waals surface area contributed by atoms with Crippen LogP contribution in [0.2, 0.25) is 0 Å². The first kappa shape index (κ1) is 13.5. The van der Waals surface area contributed by atoms with E-state index in [1.165, 1.54) is 0 Å². The Bertz CT molecular complexity index is 522. The number of phenolic OH excluding ortho intramolecular Hbond substituents is 2. The third kappa shape index (κ3) is 2.73. The summed E-state index contributed by atoms with van der Waals surface area (Å²) in [6, 6.07) is 14.6. The Morgan fingerprint density at radius 3 is 1.42 bits per heavy atom. The van der Waals surface area contributed by atoms with Crippen LogP contribution in [0.4, 0.5) is 0 Å². The molecule has 2 rings (SSSR count). The van der Waals surface area contributed by atoms with Crippen molar-refractivity contribution >= 4 is 0 Å². The van der Waals surface area contributed by atoms with Crippen molar-refractivity contribution in [2.45, 2.75) is 26.7 Å². The van der Waals surface area contributed by atoms with E-state index in [4.69, 9.17) is 0 Å². The van der Waals surface area contributed by atoms with E-state index in [0.29, 0.717) is 0 Å². The van der Waals surface area contributed by atoms with E-state index in [-0.39, 0.29) is 22.8 Å². The number of rotatable bonds is 2. The highest BCUT2D eigenvalue weighted by molar-refractivity contribution is 5.47. The Morgan fingerprint density at radius 1 is 0.737 bits per heavy atom. The highest BCUT2D eigenvalue weighted by atomic mass is 16.3. The molecular formula is C17H20O2. The normalized spacial score (nSPS) is 11.8. The van der Waals surface area contributed by atoms with Crippen LogP contribution in [0, 0.1) is 5.41 Å². The molecule has 2 heteroatoms. The molecule has 0 aliphatic rings. The van der Waals surface area contributed by atoms with Gasteiger partial charge in [0.15, 0.2) is 0 Å². The standard InChI is InChI=1S/C17H20O2/c1-17(2,3)16(12-8-4-6-10-14(12)18)13-9-5-7-11-15(13)19/h4-11,16,18-19H,1-3H3. The van der Waals surface area contributed by atoms with E-state index >= 15 is 0 Å². The fourth-order valence-corrected chi connectivity index (χ4v) is 2.56. The molecule has 0 unspecified atom stereocenters. The Balaban J connectivity index is 2.62. The highest BCUT2D eigenvalue weighted by Gasteiger charge is 2.31. The highest BCUT2D eigenvalue weighted by Crippen LogP contribution is 2.46. The number of hydrogen-bond acceptors (Lipinski definition) is 2. The first-order chi connectivity index (χ1) is 8.91. The van der Waals surface area contributed by atoms with Crippen molar-refractivity contribution < 1.29 is 10.2 Å². The number of aromatic hydroxyl groups is 2. The monoisotopic (exact) mass is 256 g/mol. The number of benzene rings is 2. The molecule has 19 heavy (non-hydrogen) atoms.